The molecule has 1 heterocycles. The summed E-state index contributed by atoms with van der Waals surface area (Å²) < 4.78 is 9.27. The van der Waals surface area contributed by atoms with E-state index in [9.17, 15) is 14.7 Å². The number of carbonyl (C=O) groups excluding carboxylic acids is 2. The molecule has 142 valence electrons. The van der Waals surface area contributed by atoms with E-state index in [-0.39, 0.29) is 12.1 Å². The number of ether oxygens (including phenoxy) is 2. The number of methoxy groups -OCH3 is 1. The molecule has 2 unspecified atom stereocenters. The van der Waals surface area contributed by atoms with Crippen LogP contribution in [-0.4, -0.2) is 36.4 Å². The van der Waals surface area contributed by atoms with Gasteiger partial charge in [0.25, 0.3) is 0 Å². The Labute approximate surface area is 147 Å². The number of unbranched alkanes of at least 4 members (excludes halogenated alkanes) is 6. The van der Waals surface area contributed by atoms with Gasteiger partial charge in [-0.1, -0.05) is 59.3 Å². The molecule has 1 rings (SSSR count). The van der Waals surface area contributed by atoms with Gasteiger partial charge in [-0.25, -0.2) is 4.79 Å². The molecule has 0 aromatic carbocycles. The topological polar surface area (TPSA) is 72.8 Å². The van der Waals surface area contributed by atoms with Crippen LogP contribution in [0.4, 0.5) is 0 Å². The number of cyclic esters (lactones) is 1. The van der Waals surface area contributed by atoms with Crippen molar-refractivity contribution in [3.05, 3.63) is 0 Å². The summed E-state index contributed by atoms with van der Waals surface area (Å²) in [6.45, 7) is 6.39. The summed E-state index contributed by atoms with van der Waals surface area (Å²) >= 11 is 0. The van der Waals surface area contributed by atoms with Crippen LogP contribution in [0.2, 0.25) is 0 Å². The van der Waals surface area contributed by atoms with E-state index in [1.807, 2.05) is 0 Å². The lowest BCUT2D eigenvalue weighted by atomic mass is 10.0. The minimum Gasteiger partial charge on any atom is -0.469 e. The van der Waals surface area contributed by atoms with E-state index < -0.39 is 12.1 Å². The smallest absolute Gasteiger partial charge is 0.339 e. The van der Waals surface area contributed by atoms with Crippen molar-refractivity contribution in [1.29, 1.82) is 0 Å². The highest BCUT2D eigenvalue weighted by atomic mass is 16.6. The van der Waals surface area contributed by atoms with Crippen LogP contribution in [0.1, 0.15) is 85.0 Å². The van der Waals surface area contributed by atoms with Crippen LogP contribution in [0.3, 0.4) is 0 Å². The van der Waals surface area contributed by atoms with Gasteiger partial charge in [0.05, 0.1) is 7.11 Å². The number of rotatable bonds is 11. The van der Waals surface area contributed by atoms with Crippen LogP contribution in [0.15, 0.2) is 0 Å². The second kappa shape index (κ2) is 14.3. The Hall–Kier alpha value is -1.10. The summed E-state index contributed by atoms with van der Waals surface area (Å²) in [6, 6.07) is 0. The molecule has 0 bridgehead atoms. The fourth-order valence-electron chi connectivity index (χ4n) is 2.39. The summed E-state index contributed by atoms with van der Waals surface area (Å²) in [5.74, 6) is 0.0238. The first-order valence-electron chi connectivity index (χ1n) is 9.37. The average molecular weight is 344 g/mol. The van der Waals surface area contributed by atoms with E-state index >= 15 is 0 Å². The Bertz CT molecular complexity index is 341. The normalized spacial score (nSPS) is 19.2. The summed E-state index contributed by atoms with van der Waals surface area (Å²) in [5.41, 5.74) is 0. The minimum absolute atomic E-state index is 0.108. The molecule has 24 heavy (non-hydrogen) atoms. The van der Waals surface area contributed by atoms with Crippen molar-refractivity contribution in [2.24, 2.45) is 5.92 Å². The molecule has 0 amide bonds. The molecule has 1 saturated heterocycles. The Morgan fingerprint density at radius 1 is 1.17 bits per heavy atom. The third kappa shape index (κ3) is 11.4. The Morgan fingerprint density at radius 3 is 2.21 bits per heavy atom. The molecular weight excluding hydrogens is 308 g/mol. The zero-order chi connectivity index (χ0) is 18.4. The number of aliphatic hydroxyl groups excluding tert-OH is 1. The first-order valence-corrected chi connectivity index (χ1v) is 9.37. The van der Waals surface area contributed by atoms with E-state index in [4.69, 9.17) is 4.74 Å². The third-order valence-electron chi connectivity index (χ3n) is 4.11. The Balaban J connectivity index is 0.000000506. The van der Waals surface area contributed by atoms with Crippen LogP contribution < -0.4 is 0 Å². The minimum atomic E-state index is -0.843. The predicted molar refractivity (Wildman–Crippen MR) is 94.6 cm³/mol. The number of aliphatic hydroxyl groups is 1. The molecule has 0 saturated carbocycles. The molecule has 5 heteroatoms. The number of esters is 2. The molecule has 0 radical (unpaired) electrons. The fraction of sp³-hybridized carbons (Fsp3) is 0.895. The van der Waals surface area contributed by atoms with Gasteiger partial charge in [0.15, 0.2) is 6.10 Å². The molecule has 1 aliphatic heterocycles. The largest absolute Gasteiger partial charge is 0.469 e. The summed E-state index contributed by atoms with van der Waals surface area (Å²) in [6.07, 6.45) is 9.99. The monoisotopic (exact) mass is 344 g/mol. The van der Waals surface area contributed by atoms with Gasteiger partial charge in [0, 0.05) is 6.42 Å². The first-order chi connectivity index (χ1) is 11.4. The van der Waals surface area contributed by atoms with Gasteiger partial charge in [-0.05, 0) is 25.2 Å². The van der Waals surface area contributed by atoms with Crippen molar-refractivity contribution in [2.45, 2.75) is 97.2 Å². The molecule has 2 atom stereocenters. The molecular formula is C19H36O5. The second-order valence-electron chi connectivity index (χ2n) is 6.84. The maximum Gasteiger partial charge on any atom is 0.339 e. The summed E-state index contributed by atoms with van der Waals surface area (Å²) in [4.78, 5) is 21.1. The SMILES string of the molecule is CCCCCCCCCC1OC(=O)C1O.COC(=O)CCC(C)C. The van der Waals surface area contributed by atoms with Crippen molar-refractivity contribution in [3.8, 4) is 0 Å². The van der Waals surface area contributed by atoms with Gasteiger partial charge in [-0.15, -0.1) is 0 Å². The van der Waals surface area contributed by atoms with Crippen molar-refractivity contribution in [1.82, 2.24) is 0 Å². The highest BCUT2D eigenvalue weighted by molar-refractivity contribution is 5.80. The Kier molecular flexibility index (Phi) is 13.6. The molecule has 5 nitrogen and oxygen atoms in total. The average Bonchev–Trinajstić information content (AvgIpc) is 2.58. The van der Waals surface area contributed by atoms with E-state index in [2.05, 4.69) is 25.5 Å². The highest BCUT2D eigenvalue weighted by Gasteiger charge is 2.39. The Morgan fingerprint density at radius 2 is 1.75 bits per heavy atom. The zero-order valence-corrected chi connectivity index (χ0v) is 15.9. The summed E-state index contributed by atoms with van der Waals surface area (Å²) in [5, 5.41) is 9.17. The lowest BCUT2D eigenvalue weighted by molar-refractivity contribution is -0.198. The lowest BCUT2D eigenvalue weighted by Gasteiger charge is -2.31. The van der Waals surface area contributed by atoms with Gasteiger partial charge < -0.3 is 14.6 Å². The predicted octanol–water partition coefficient (Wildman–Crippen LogP) is 4.01. The van der Waals surface area contributed by atoms with Gasteiger partial charge >= 0.3 is 11.9 Å². The van der Waals surface area contributed by atoms with Crippen molar-refractivity contribution in [2.75, 3.05) is 7.11 Å². The standard InChI is InChI=1S/C12H22O3.C7H14O2/c1-2-3-4-5-6-7-8-9-10-11(13)12(14)15-10;1-6(2)4-5-7(8)9-3/h10-11,13H,2-9H2,1H3;6H,4-5H2,1-3H3. The molecule has 1 fully saturated rings. The zero-order valence-electron chi connectivity index (χ0n) is 15.9. The van der Waals surface area contributed by atoms with Gasteiger partial charge in [0.2, 0.25) is 0 Å². The number of hydrogen-bond donors (Lipinski definition) is 1. The molecule has 1 N–H and O–H groups in total. The van der Waals surface area contributed by atoms with Crippen molar-refractivity contribution in [3.63, 3.8) is 0 Å². The van der Waals surface area contributed by atoms with Gasteiger partial charge in [0.1, 0.15) is 6.10 Å². The van der Waals surface area contributed by atoms with Crippen molar-refractivity contribution < 1.29 is 24.2 Å². The molecule has 1 aliphatic rings. The van der Waals surface area contributed by atoms with E-state index in [1.165, 1.54) is 45.6 Å². The van der Waals surface area contributed by atoms with Crippen molar-refractivity contribution >= 4 is 11.9 Å². The van der Waals surface area contributed by atoms with E-state index in [0.717, 1.165) is 19.3 Å². The quantitative estimate of drug-likeness (QED) is 0.453. The molecule has 0 spiro atoms. The van der Waals surface area contributed by atoms with Crippen LogP contribution in [-0.2, 0) is 19.1 Å². The molecule has 0 aromatic rings. The molecule has 0 aromatic heterocycles. The number of hydrogen-bond acceptors (Lipinski definition) is 5. The lowest BCUT2D eigenvalue weighted by Crippen LogP contribution is -2.49. The van der Waals surface area contributed by atoms with Gasteiger partial charge in [-0.2, -0.15) is 0 Å². The molecule has 0 aliphatic carbocycles. The maximum absolute atomic E-state index is 10.6. The first kappa shape index (κ1) is 22.9. The third-order valence-corrected chi connectivity index (χ3v) is 4.11. The van der Waals surface area contributed by atoms with Crippen LogP contribution in [0, 0.1) is 5.92 Å². The highest BCUT2D eigenvalue weighted by Crippen LogP contribution is 2.21. The maximum atomic E-state index is 10.6. The van der Waals surface area contributed by atoms with E-state index in [0.29, 0.717) is 12.3 Å². The van der Waals surface area contributed by atoms with Crippen LogP contribution in [0.25, 0.3) is 0 Å². The van der Waals surface area contributed by atoms with E-state index in [1.54, 1.807) is 0 Å². The van der Waals surface area contributed by atoms with Gasteiger partial charge in [-0.3, -0.25) is 4.79 Å². The fourth-order valence-corrected chi connectivity index (χ4v) is 2.39. The van der Waals surface area contributed by atoms with Crippen LogP contribution in [0.5, 0.6) is 0 Å². The van der Waals surface area contributed by atoms with Crippen LogP contribution >= 0.6 is 0 Å². The summed E-state index contributed by atoms with van der Waals surface area (Å²) in [7, 11) is 1.42. The second-order valence-corrected chi connectivity index (χ2v) is 6.84. The number of carbonyl (C=O) groups is 2.